The first kappa shape index (κ1) is 30.7. The van der Waals surface area contributed by atoms with Crippen LogP contribution < -0.4 is 22.5 Å². The molecular weight excluding hydrogens is 651 g/mol. The Hall–Kier alpha value is -5.64. The summed E-state index contributed by atoms with van der Waals surface area (Å²) < 4.78 is 5.72. The van der Waals surface area contributed by atoms with Gasteiger partial charge in [0.05, 0.1) is 0 Å². The molecule has 8 aromatic rings. The molecule has 0 atom stereocenters. The minimum atomic E-state index is -3.29. The Balaban J connectivity index is 1.19. The zero-order chi connectivity index (χ0) is 33.0. The Labute approximate surface area is 292 Å². The Morgan fingerprint density at radius 3 is 1.22 bits per heavy atom. The summed E-state index contributed by atoms with van der Waals surface area (Å²) in [6.45, 7) is 2.14. The molecule has 8 rings (SSSR count). The van der Waals surface area contributed by atoms with Crippen molar-refractivity contribution in [2.45, 2.75) is 6.92 Å². The first-order valence-corrected chi connectivity index (χ1v) is 21.1. The van der Waals surface area contributed by atoms with Gasteiger partial charge >= 0.3 is 251 Å². The molecule has 0 saturated heterocycles. The maximum absolute atomic E-state index is 3.29. The van der Waals surface area contributed by atoms with Crippen LogP contribution in [0.3, 0.4) is 0 Å². The second-order valence-corrected chi connectivity index (χ2v) is 20.7. The van der Waals surface area contributed by atoms with Gasteiger partial charge in [0.25, 0.3) is 0 Å². The summed E-state index contributed by atoms with van der Waals surface area (Å²) in [5.41, 5.74) is 7.09. The number of hydrogen-bond acceptors (Lipinski definition) is 1. The van der Waals surface area contributed by atoms with Gasteiger partial charge in [0.1, 0.15) is 0 Å². The fourth-order valence-corrected chi connectivity index (χ4v) is 17.2. The average molecular weight is 688 g/mol. The van der Waals surface area contributed by atoms with Crippen molar-refractivity contribution in [3.63, 3.8) is 0 Å². The number of hydrogen-bond donors (Lipinski definition) is 0. The van der Waals surface area contributed by atoms with E-state index >= 15 is 0 Å². The molecule has 2 heteroatoms. The molecule has 0 amide bonds. The van der Waals surface area contributed by atoms with Gasteiger partial charge in [-0.05, 0) is 12.3 Å². The van der Waals surface area contributed by atoms with Crippen LogP contribution in [-0.4, -0.2) is 13.3 Å². The second-order valence-electron chi connectivity index (χ2n) is 12.7. The summed E-state index contributed by atoms with van der Waals surface area (Å²) in [6.07, 6.45) is 0. The quantitative estimate of drug-likeness (QED) is 0.144. The molecule has 0 unspecified atom stereocenters. The van der Waals surface area contributed by atoms with Crippen LogP contribution in [0.2, 0.25) is 0 Å². The van der Waals surface area contributed by atoms with Gasteiger partial charge in [0.2, 0.25) is 0 Å². The predicted molar refractivity (Wildman–Crippen MR) is 212 cm³/mol. The van der Waals surface area contributed by atoms with Crippen LogP contribution >= 0.6 is 0 Å². The number of fused-ring (bicyclic) bond motifs is 1. The molecule has 234 valence electrons. The molecule has 0 radical (unpaired) electrons. The normalized spacial score (nSPS) is 11.4. The van der Waals surface area contributed by atoms with Crippen LogP contribution in [0.5, 0.6) is 0 Å². The van der Waals surface area contributed by atoms with Crippen molar-refractivity contribution in [3.8, 4) is 11.1 Å². The predicted octanol–water partition coefficient (Wildman–Crippen LogP) is 9.66. The van der Waals surface area contributed by atoms with E-state index in [4.69, 9.17) is 0 Å². The molecule has 0 N–H and O–H groups in total. The van der Waals surface area contributed by atoms with Gasteiger partial charge in [-0.2, -0.15) is 0 Å². The van der Waals surface area contributed by atoms with Crippen LogP contribution in [-0.2, 0) is 0 Å². The van der Waals surface area contributed by atoms with E-state index in [-0.39, 0.29) is 0 Å². The van der Waals surface area contributed by atoms with Crippen LogP contribution in [0.15, 0.2) is 206 Å². The molecule has 0 fully saturated rings. The molecule has 0 spiro atoms. The molecule has 0 aromatic heterocycles. The average Bonchev–Trinajstić information content (AvgIpc) is 3.18. The van der Waals surface area contributed by atoms with Crippen LogP contribution in [0.4, 0.5) is 17.1 Å². The summed E-state index contributed by atoms with van der Waals surface area (Å²) in [7, 11) is 0. The zero-order valence-electron chi connectivity index (χ0n) is 27.6. The van der Waals surface area contributed by atoms with Crippen LogP contribution in [0.1, 0.15) is 5.56 Å². The third kappa shape index (κ3) is 5.88. The fourth-order valence-electron chi connectivity index (χ4n) is 7.24. The summed E-state index contributed by atoms with van der Waals surface area (Å²) in [4.78, 5) is 2.35. The van der Waals surface area contributed by atoms with E-state index in [0.29, 0.717) is 0 Å². The molecule has 0 aliphatic carbocycles. The van der Waals surface area contributed by atoms with Crippen molar-refractivity contribution in [1.29, 1.82) is 0 Å². The summed E-state index contributed by atoms with van der Waals surface area (Å²) in [5, 5.41) is 2.48. The van der Waals surface area contributed by atoms with Gasteiger partial charge in [-0.15, -0.1) is 0 Å². The van der Waals surface area contributed by atoms with Crippen LogP contribution in [0.25, 0.3) is 21.9 Å². The molecule has 0 aliphatic rings. The SMILES string of the molecule is Cc1ccc(N(c2ccc(-c3cc[c]([Ge]([c]4ccccc4)([c]4ccccc4)[c]4ccccc4)cc3)cc2)c2ccc3ccccc3c2)cc1. The molecule has 49 heavy (non-hydrogen) atoms. The first-order chi connectivity index (χ1) is 24.2. The Bertz CT molecular complexity index is 2200. The second kappa shape index (κ2) is 13.5. The van der Waals surface area contributed by atoms with Crippen LogP contribution in [0, 0.1) is 6.92 Å². The Morgan fingerprint density at radius 2 is 0.714 bits per heavy atom. The standard InChI is InChI=1S/C47H37GeN/c1-36-21-30-45(31-22-36)49(47-34-27-37-13-11-12-14-40(37)35-47)46-32-25-39(26-33-46)38-23-28-44(29-24-38)48(41-15-5-2-6-16-41,42-17-7-3-8-18-42)43-19-9-4-10-20-43/h2-35H,1H3. The van der Waals surface area contributed by atoms with Crippen molar-refractivity contribution in [3.05, 3.63) is 212 Å². The number of benzene rings is 8. The molecule has 8 aromatic carbocycles. The summed E-state index contributed by atoms with van der Waals surface area (Å²) >= 11 is -3.29. The molecule has 0 bridgehead atoms. The van der Waals surface area contributed by atoms with Gasteiger partial charge in [-0.3, -0.25) is 0 Å². The third-order valence-corrected chi connectivity index (χ3v) is 19.7. The van der Waals surface area contributed by atoms with Crippen molar-refractivity contribution < 1.29 is 0 Å². The number of anilines is 3. The number of aryl methyl sites for hydroxylation is 1. The first-order valence-electron chi connectivity index (χ1n) is 16.9. The van der Waals surface area contributed by atoms with Crippen molar-refractivity contribution >= 4 is 58.7 Å². The summed E-state index contributed by atoms with van der Waals surface area (Å²) in [6, 6.07) is 76.0. The Morgan fingerprint density at radius 1 is 0.327 bits per heavy atom. The third-order valence-electron chi connectivity index (χ3n) is 9.68. The molecule has 0 heterocycles. The van der Waals surface area contributed by atoms with E-state index in [9.17, 15) is 0 Å². The molecular formula is C47H37GeN. The van der Waals surface area contributed by atoms with E-state index in [1.165, 1.54) is 45.0 Å². The van der Waals surface area contributed by atoms with Gasteiger partial charge in [0.15, 0.2) is 0 Å². The Kier molecular flexibility index (Phi) is 8.43. The molecule has 0 saturated carbocycles. The van der Waals surface area contributed by atoms with Crippen molar-refractivity contribution in [2.75, 3.05) is 4.90 Å². The van der Waals surface area contributed by atoms with Gasteiger partial charge in [-0.1, -0.05) is 29.8 Å². The fraction of sp³-hybridized carbons (Fsp3) is 0.0213. The monoisotopic (exact) mass is 689 g/mol. The van der Waals surface area contributed by atoms with Gasteiger partial charge in [0, 0.05) is 0 Å². The van der Waals surface area contributed by atoms with E-state index in [2.05, 4.69) is 218 Å². The number of nitrogens with zero attached hydrogens (tertiary/aromatic N) is 1. The summed E-state index contributed by atoms with van der Waals surface area (Å²) in [5.74, 6) is 0. The van der Waals surface area contributed by atoms with Gasteiger partial charge < -0.3 is 0 Å². The van der Waals surface area contributed by atoms with E-state index in [1.54, 1.807) is 0 Å². The topological polar surface area (TPSA) is 3.24 Å². The zero-order valence-corrected chi connectivity index (χ0v) is 29.7. The van der Waals surface area contributed by atoms with Gasteiger partial charge in [-0.25, -0.2) is 0 Å². The molecule has 1 nitrogen and oxygen atoms in total. The molecule has 0 aliphatic heterocycles. The minimum absolute atomic E-state index is 1.13. The van der Waals surface area contributed by atoms with E-state index < -0.39 is 13.3 Å². The van der Waals surface area contributed by atoms with E-state index in [0.717, 1.165) is 17.1 Å². The van der Waals surface area contributed by atoms with E-state index in [1.807, 2.05) is 0 Å². The maximum atomic E-state index is 2.39. The number of rotatable bonds is 8. The van der Waals surface area contributed by atoms with Crippen molar-refractivity contribution in [2.24, 2.45) is 0 Å². The van der Waals surface area contributed by atoms with Crippen molar-refractivity contribution in [1.82, 2.24) is 0 Å².